The lowest BCUT2D eigenvalue weighted by Gasteiger charge is -1.99. The van der Waals surface area contributed by atoms with Crippen molar-refractivity contribution < 1.29 is 14.7 Å². The van der Waals surface area contributed by atoms with Gasteiger partial charge in [-0.25, -0.2) is 0 Å². The average Bonchev–Trinajstić information content (AvgIpc) is 2.92. The van der Waals surface area contributed by atoms with E-state index >= 15 is 0 Å². The summed E-state index contributed by atoms with van der Waals surface area (Å²) in [5.74, 6) is 0.589. The summed E-state index contributed by atoms with van der Waals surface area (Å²) in [6.45, 7) is 2.00. The molecular weight excluding hydrogens is 256 g/mol. The number of rotatable bonds is 2. The molecule has 0 aliphatic heterocycles. The van der Waals surface area contributed by atoms with Crippen molar-refractivity contribution >= 4 is 0 Å². The monoisotopic (exact) mass is 268 g/mol. The molecule has 0 spiro atoms. The molecule has 5 nitrogen and oxygen atoms in total. The van der Waals surface area contributed by atoms with E-state index in [0.29, 0.717) is 11.4 Å². The molecular formula is C15H12N2O3. The zero-order valence-corrected chi connectivity index (χ0v) is 10.7. The molecule has 0 aliphatic rings. The van der Waals surface area contributed by atoms with E-state index in [-0.39, 0.29) is 17.4 Å². The summed E-state index contributed by atoms with van der Waals surface area (Å²) in [5, 5.41) is 23.1. The van der Waals surface area contributed by atoms with E-state index in [0.717, 1.165) is 11.1 Å². The van der Waals surface area contributed by atoms with Gasteiger partial charge in [0.15, 0.2) is 0 Å². The second kappa shape index (κ2) is 4.70. The summed E-state index contributed by atoms with van der Waals surface area (Å²) in [7, 11) is 0. The number of benzene rings is 2. The summed E-state index contributed by atoms with van der Waals surface area (Å²) < 4.78 is 5.14. The van der Waals surface area contributed by atoms with Crippen molar-refractivity contribution in [2.45, 2.75) is 6.92 Å². The number of nitrogens with zero attached hydrogens (tertiary/aromatic N) is 2. The number of hydrogen-bond donors (Lipinski definition) is 2. The van der Waals surface area contributed by atoms with Gasteiger partial charge in [0.2, 0.25) is 5.82 Å². The van der Waals surface area contributed by atoms with E-state index in [2.05, 4.69) is 10.1 Å². The number of hydrogen-bond acceptors (Lipinski definition) is 5. The first kappa shape index (κ1) is 12.2. The molecule has 2 aromatic carbocycles. The molecule has 0 amide bonds. The molecule has 0 aliphatic carbocycles. The van der Waals surface area contributed by atoms with E-state index in [1.807, 2.05) is 31.2 Å². The number of aryl methyl sites for hydroxylation is 1. The Morgan fingerprint density at radius 2 is 1.75 bits per heavy atom. The highest BCUT2D eigenvalue weighted by molar-refractivity contribution is 5.66. The van der Waals surface area contributed by atoms with E-state index in [1.54, 1.807) is 0 Å². The van der Waals surface area contributed by atoms with Crippen LogP contribution in [0.5, 0.6) is 11.5 Å². The van der Waals surface area contributed by atoms with Crippen molar-refractivity contribution in [1.29, 1.82) is 0 Å². The molecule has 3 rings (SSSR count). The third-order valence-corrected chi connectivity index (χ3v) is 2.95. The standard InChI is InChI=1S/C15H12N2O3/c1-9-2-4-10(5-3-9)14-16-15(20-17-14)12-8-11(18)6-7-13(12)19/h2-8,18-19H,1H3. The second-order valence-electron chi connectivity index (χ2n) is 4.49. The van der Waals surface area contributed by atoms with Crippen LogP contribution in [0.15, 0.2) is 47.0 Å². The smallest absolute Gasteiger partial charge is 0.262 e. The van der Waals surface area contributed by atoms with Crippen molar-refractivity contribution in [2.24, 2.45) is 0 Å². The van der Waals surface area contributed by atoms with Crippen LogP contribution in [-0.4, -0.2) is 20.4 Å². The second-order valence-corrected chi connectivity index (χ2v) is 4.49. The van der Waals surface area contributed by atoms with Gasteiger partial charge in [0.25, 0.3) is 5.89 Å². The lowest BCUT2D eigenvalue weighted by molar-refractivity contribution is 0.423. The molecule has 3 aromatic rings. The summed E-state index contributed by atoms with van der Waals surface area (Å²) in [6.07, 6.45) is 0. The van der Waals surface area contributed by atoms with Crippen LogP contribution in [0.2, 0.25) is 0 Å². The van der Waals surface area contributed by atoms with Crippen LogP contribution in [0.4, 0.5) is 0 Å². The van der Waals surface area contributed by atoms with Crippen LogP contribution in [0, 0.1) is 6.92 Å². The molecule has 5 heteroatoms. The lowest BCUT2D eigenvalue weighted by Crippen LogP contribution is -1.82. The molecule has 2 N–H and O–H groups in total. The average molecular weight is 268 g/mol. The van der Waals surface area contributed by atoms with Crippen LogP contribution in [0.1, 0.15) is 5.56 Å². The first-order valence-electron chi connectivity index (χ1n) is 6.06. The van der Waals surface area contributed by atoms with Gasteiger partial charge in [0.1, 0.15) is 11.5 Å². The Bertz CT molecular complexity index is 748. The van der Waals surface area contributed by atoms with Crippen LogP contribution >= 0.6 is 0 Å². The maximum atomic E-state index is 9.77. The van der Waals surface area contributed by atoms with Gasteiger partial charge in [-0.05, 0) is 25.1 Å². The van der Waals surface area contributed by atoms with Gasteiger partial charge in [-0.3, -0.25) is 0 Å². The maximum absolute atomic E-state index is 9.77. The molecule has 1 heterocycles. The van der Waals surface area contributed by atoms with Crippen molar-refractivity contribution in [1.82, 2.24) is 10.1 Å². The lowest BCUT2D eigenvalue weighted by atomic mass is 10.1. The third kappa shape index (κ3) is 2.21. The van der Waals surface area contributed by atoms with Gasteiger partial charge in [-0.1, -0.05) is 35.0 Å². The maximum Gasteiger partial charge on any atom is 0.262 e. The first-order chi connectivity index (χ1) is 9.63. The van der Waals surface area contributed by atoms with E-state index in [1.165, 1.54) is 18.2 Å². The van der Waals surface area contributed by atoms with Gasteiger partial charge in [-0.15, -0.1) is 0 Å². The van der Waals surface area contributed by atoms with E-state index in [4.69, 9.17) is 4.52 Å². The van der Waals surface area contributed by atoms with E-state index in [9.17, 15) is 10.2 Å². The predicted molar refractivity (Wildman–Crippen MR) is 73.2 cm³/mol. The molecule has 0 unspecified atom stereocenters. The Morgan fingerprint density at radius 1 is 1.00 bits per heavy atom. The quantitative estimate of drug-likeness (QED) is 0.698. The van der Waals surface area contributed by atoms with Crippen molar-refractivity contribution in [2.75, 3.05) is 0 Å². The zero-order valence-electron chi connectivity index (χ0n) is 10.7. The molecule has 0 fully saturated rings. The summed E-state index contributed by atoms with van der Waals surface area (Å²) in [5.41, 5.74) is 2.27. The predicted octanol–water partition coefficient (Wildman–Crippen LogP) is 3.12. The van der Waals surface area contributed by atoms with Crippen LogP contribution in [-0.2, 0) is 0 Å². The highest BCUT2D eigenvalue weighted by atomic mass is 16.5. The van der Waals surface area contributed by atoms with Gasteiger partial charge in [0, 0.05) is 5.56 Å². The molecule has 20 heavy (non-hydrogen) atoms. The number of phenolic OH excluding ortho intramolecular Hbond substituents is 2. The minimum absolute atomic E-state index is 0.0212. The summed E-state index contributed by atoms with van der Waals surface area (Å²) in [6, 6.07) is 11.8. The minimum atomic E-state index is -0.0260. The molecule has 1 aromatic heterocycles. The van der Waals surface area contributed by atoms with Gasteiger partial charge in [-0.2, -0.15) is 4.98 Å². The fourth-order valence-corrected chi connectivity index (χ4v) is 1.85. The Kier molecular flexibility index (Phi) is 2.87. The Hall–Kier alpha value is -2.82. The number of aromatic nitrogens is 2. The molecule has 0 saturated carbocycles. The largest absolute Gasteiger partial charge is 0.508 e. The molecule has 0 radical (unpaired) electrons. The summed E-state index contributed by atoms with van der Waals surface area (Å²) >= 11 is 0. The molecule has 0 bridgehead atoms. The Morgan fingerprint density at radius 3 is 2.50 bits per heavy atom. The number of aromatic hydroxyl groups is 2. The van der Waals surface area contributed by atoms with Gasteiger partial charge >= 0.3 is 0 Å². The highest BCUT2D eigenvalue weighted by Gasteiger charge is 2.14. The first-order valence-corrected chi connectivity index (χ1v) is 6.06. The zero-order chi connectivity index (χ0) is 14.1. The van der Waals surface area contributed by atoms with Crippen molar-refractivity contribution in [3.63, 3.8) is 0 Å². The summed E-state index contributed by atoms with van der Waals surface area (Å²) in [4.78, 5) is 4.23. The van der Waals surface area contributed by atoms with E-state index < -0.39 is 0 Å². The van der Waals surface area contributed by atoms with Gasteiger partial charge < -0.3 is 14.7 Å². The van der Waals surface area contributed by atoms with Crippen LogP contribution in [0.25, 0.3) is 22.8 Å². The molecule has 100 valence electrons. The minimum Gasteiger partial charge on any atom is -0.508 e. The van der Waals surface area contributed by atoms with Crippen molar-refractivity contribution in [3.8, 4) is 34.3 Å². The van der Waals surface area contributed by atoms with Gasteiger partial charge in [0.05, 0.1) is 5.56 Å². The number of phenols is 2. The van der Waals surface area contributed by atoms with Crippen LogP contribution in [0.3, 0.4) is 0 Å². The molecule has 0 saturated heterocycles. The third-order valence-electron chi connectivity index (χ3n) is 2.95. The Labute approximate surface area is 115 Å². The fraction of sp³-hybridized carbons (Fsp3) is 0.0667. The highest BCUT2D eigenvalue weighted by Crippen LogP contribution is 2.32. The van der Waals surface area contributed by atoms with Crippen LogP contribution < -0.4 is 0 Å². The normalized spacial score (nSPS) is 10.7. The topological polar surface area (TPSA) is 79.4 Å². The van der Waals surface area contributed by atoms with Crippen molar-refractivity contribution in [3.05, 3.63) is 48.0 Å². The SMILES string of the molecule is Cc1ccc(-c2noc(-c3cc(O)ccc3O)n2)cc1. The fourth-order valence-electron chi connectivity index (χ4n) is 1.85. The molecule has 0 atom stereocenters. The Balaban J connectivity index is 2.01.